The molecule has 0 radical (unpaired) electrons. The Kier molecular flexibility index (Phi) is 6.06. The van der Waals surface area contributed by atoms with Crippen LogP contribution in [0.2, 0.25) is 5.02 Å². The van der Waals surface area contributed by atoms with Crippen LogP contribution in [-0.2, 0) is 21.0 Å². The largest absolute Gasteiger partial charge is 0.416 e. The highest BCUT2D eigenvalue weighted by molar-refractivity contribution is 7.92. The number of amides is 1. The Hall–Kier alpha value is -2.26. The molecule has 2 aromatic carbocycles. The Morgan fingerprint density at radius 1 is 1.19 bits per heavy atom. The number of hydrogen-bond donors (Lipinski definition) is 1. The molecule has 0 saturated carbocycles. The van der Waals surface area contributed by atoms with Crippen molar-refractivity contribution in [2.45, 2.75) is 13.1 Å². The Morgan fingerprint density at radius 3 is 2.37 bits per heavy atom. The van der Waals surface area contributed by atoms with Crippen LogP contribution in [0.25, 0.3) is 0 Å². The average Bonchev–Trinajstić information content (AvgIpc) is 2.53. The molecule has 5 nitrogen and oxygen atoms in total. The van der Waals surface area contributed by atoms with E-state index >= 15 is 0 Å². The number of halogens is 4. The highest BCUT2D eigenvalue weighted by Gasteiger charge is 2.31. The molecule has 27 heavy (non-hydrogen) atoms. The first-order chi connectivity index (χ1) is 12.4. The van der Waals surface area contributed by atoms with E-state index in [1.54, 1.807) is 25.1 Å². The summed E-state index contributed by atoms with van der Waals surface area (Å²) in [5.74, 6) is -0.829. The lowest BCUT2D eigenvalue weighted by molar-refractivity contribution is -0.137. The van der Waals surface area contributed by atoms with E-state index in [1.807, 2.05) is 0 Å². The fourth-order valence-corrected chi connectivity index (χ4v) is 3.42. The molecule has 0 aliphatic carbocycles. The number of carbonyl (C=O) groups is 1. The zero-order valence-electron chi connectivity index (χ0n) is 14.3. The molecule has 2 rings (SSSR count). The van der Waals surface area contributed by atoms with E-state index in [9.17, 15) is 26.4 Å². The van der Waals surface area contributed by atoms with Gasteiger partial charge in [0.2, 0.25) is 15.9 Å². The molecule has 0 aliphatic heterocycles. The summed E-state index contributed by atoms with van der Waals surface area (Å²) in [7, 11) is -3.81. The van der Waals surface area contributed by atoms with Gasteiger partial charge < -0.3 is 5.32 Å². The molecule has 0 unspecified atom stereocenters. The van der Waals surface area contributed by atoms with E-state index in [0.29, 0.717) is 17.3 Å². The van der Waals surface area contributed by atoms with E-state index in [4.69, 9.17) is 11.6 Å². The molecule has 0 fully saturated rings. The van der Waals surface area contributed by atoms with Crippen LogP contribution in [0.15, 0.2) is 42.5 Å². The van der Waals surface area contributed by atoms with Crippen molar-refractivity contribution >= 4 is 38.9 Å². The van der Waals surface area contributed by atoms with Crippen molar-refractivity contribution in [3.8, 4) is 0 Å². The minimum absolute atomic E-state index is 0.0989. The molecule has 0 bridgehead atoms. The summed E-state index contributed by atoms with van der Waals surface area (Å²) < 4.78 is 63.5. The maximum atomic E-state index is 12.8. The smallest absolute Gasteiger partial charge is 0.323 e. The minimum atomic E-state index is -4.61. The SMILES string of the molecule is Cc1ccccc1N(CC(=O)Nc1cc(C(F)(F)F)ccc1Cl)S(C)(=O)=O. The van der Waals surface area contributed by atoms with E-state index in [0.717, 1.165) is 22.7 Å². The second kappa shape index (κ2) is 7.77. The van der Waals surface area contributed by atoms with Gasteiger partial charge in [-0.1, -0.05) is 29.8 Å². The number of sulfonamides is 1. The molecule has 10 heteroatoms. The van der Waals surface area contributed by atoms with Crippen molar-refractivity contribution in [1.82, 2.24) is 0 Å². The van der Waals surface area contributed by atoms with Crippen molar-refractivity contribution in [3.05, 3.63) is 58.6 Å². The Bertz CT molecular complexity index is 962. The van der Waals surface area contributed by atoms with E-state index < -0.39 is 34.2 Å². The van der Waals surface area contributed by atoms with Crippen LogP contribution in [0.1, 0.15) is 11.1 Å². The Balaban J connectivity index is 2.29. The summed E-state index contributed by atoms with van der Waals surface area (Å²) >= 11 is 5.85. The quantitative estimate of drug-likeness (QED) is 0.792. The number of nitrogens with zero attached hydrogens (tertiary/aromatic N) is 1. The second-order valence-corrected chi connectivity index (χ2v) is 8.11. The van der Waals surface area contributed by atoms with Crippen LogP contribution in [0.5, 0.6) is 0 Å². The second-order valence-electron chi connectivity index (χ2n) is 5.80. The molecule has 0 atom stereocenters. The highest BCUT2D eigenvalue weighted by atomic mass is 35.5. The first-order valence-corrected chi connectivity index (χ1v) is 9.82. The predicted octanol–water partition coefficient (Wildman–Crippen LogP) is 4.07. The number of rotatable bonds is 5. The van der Waals surface area contributed by atoms with Gasteiger partial charge in [-0.2, -0.15) is 13.2 Å². The number of nitrogens with one attached hydrogen (secondary N) is 1. The van der Waals surface area contributed by atoms with Gasteiger partial charge in [-0.3, -0.25) is 9.10 Å². The predicted molar refractivity (Wildman–Crippen MR) is 98.5 cm³/mol. The van der Waals surface area contributed by atoms with Gasteiger partial charge in [0.15, 0.2) is 0 Å². The summed E-state index contributed by atoms with van der Waals surface area (Å²) in [6.07, 6.45) is -3.67. The van der Waals surface area contributed by atoms with Gasteiger partial charge >= 0.3 is 6.18 Å². The number of benzene rings is 2. The average molecular weight is 421 g/mol. The van der Waals surface area contributed by atoms with Crippen molar-refractivity contribution in [3.63, 3.8) is 0 Å². The number of anilines is 2. The van der Waals surface area contributed by atoms with Crippen LogP contribution in [0.3, 0.4) is 0 Å². The molecule has 0 heterocycles. The van der Waals surface area contributed by atoms with Gasteiger partial charge in [0.25, 0.3) is 0 Å². The van der Waals surface area contributed by atoms with Crippen molar-refractivity contribution < 1.29 is 26.4 Å². The number of alkyl halides is 3. The van der Waals surface area contributed by atoms with Gasteiger partial charge in [-0.15, -0.1) is 0 Å². The van der Waals surface area contributed by atoms with E-state index in [1.165, 1.54) is 6.07 Å². The normalized spacial score (nSPS) is 11.9. The summed E-state index contributed by atoms with van der Waals surface area (Å²) in [5.41, 5.74) is -0.325. The molecule has 146 valence electrons. The van der Waals surface area contributed by atoms with Crippen LogP contribution in [-0.4, -0.2) is 27.1 Å². The number of para-hydroxylation sites is 1. The standard InChI is InChI=1S/C17H16ClF3N2O3S/c1-11-5-3-4-6-15(11)23(27(2,25)26)10-16(24)22-14-9-12(17(19,20)21)7-8-13(14)18/h3-9H,10H2,1-2H3,(H,22,24). The fraction of sp³-hybridized carbons (Fsp3) is 0.235. The summed E-state index contributed by atoms with van der Waals surface area (Å²) in [6.45, 7) is 1.06. The topological polar surface area (TPSA) is 66.5 Å². The third-order valence-electron chi connectivity index (χ3n) is 3.64. The molecule has 0 saturated heterocycles. The zero-order valence-corrected chi connectivity index (χ0v) is 15.9. The third kappa shape index (κ3) is 5.36. The van der Waals surface area contributed by atoms with Crippen molar-refractivity contribution in [1.29, 1.82) is 0 Å². The van der Waals surface area contributed by atoms with E-state index in [2.05, 4.69) is 5.32 Å². The van der Waals surface area contributed by atoms with Gasteiger partial charge in [0.05, 0.1) is 28.2 Å². The van der Waals surface area contributed by atoms with Gasteiger partial charge in [0, 0.05) is 0 Å². The molecule has 0 aliphatic rings. The van der Waals surface area contributed by atoms with Gasteiger partial charge in [0.1, 0.15) is 6.54 Å². The van der Waals surface area contributed by atoms with Crippen LogP contribution in [0.4, 0.5) is 24.5 Å². The fourth-order valence-electron chi connectivity index (χ4n) is 2.34. The van der Waals surface area contributed by atoms with Crippen LogP contribution < -0.4 is 9.62 Å². The first kappa shape index (κ1) is 21.0. The summed E-state index contributed by atoms with van der Waals surface area (Å²) in [5, 5.41) is 2.14. The molecule has 2 aromatic rings. The Labute approximate surface area is 159 Å². The molecule has 1 amide bonds. The third-order valence-corrected chi connectivity index (χ3v) is 5.10. The van der Waals surface area contributed by atoms with Crippen LogP contribution in [0, 0.1) is 6.92 Å². The number of aryl methyl sites for hydroxylation is 1. The van der Waals surface area contributed by atoms with Gasteiger partial charge in [-0.05, 0) is 36.8 Å². The number of hydrogen-bond acceptors (Lipinski definition) is 3. The molecule has 1 N–H and O–H groups in total. The van der Waals surface area contributed by atoms with Crippen molar-refractivity contribution in [2.24, 2.45) is 0 Å². The molecule has 0 aromatic heterocycles. The molecular weight excluding hydrogens is 405 g/mol. The maximum Gasteiger partial charge on any atom is 0.416 e. The van der Waals surface area contributed by atoms with E-state index in [-0.39, 0.29) is 10.7 Å². The lowest BCUT2D eigenvalue weighted by Gasteiger charge is -2.23. The van der Waals surface area contributed by atoms with Gasteiger partial charge in [-0.25, -0.2) is 8.42 Å². The summed E-state index contributed by atoms with van der Waals surface area (Å²) in [6, 6.07) is 9.02. The minimum Gasteiger partial charge on any atom is -0.323 e. The molecular formula is C17H16ClF3N2O3S. The van der Waals surface area contributed by atoms with Crippen LogP contribution >= 0.6 is 11.6 Å². The summed E-state index contributed by atoms with van der Waals surface area (Å²) in [4.78, 5) is 12.3. The lowest BCUT2D eigenvalue weighted by Crippen LogP contribution is -2.37. The maximum absolute atomic E-state index is 12.8. The first-order valence-electron chi connectivity index (χ1n) is 7.59. The Morgan fingerprint density at radius 2 is 1.81 bits per heavy atom. The molecule has 0 spiro atoms. The highest BCUT2D eigenvalue weighted by Crippen LogP contribution is 2.34. The number of carbonyl (C=O) groups excluding carboxylic acids is 1. The monoisotopic (exact) mass is 420 g/mol. The lowest BCUT2D eigenvalue weighted by atomic mass is 10.2. The zero-order chi connectivity index (χ0) is 20.4. The van der Waals surface area contributed by atoms with Crippen molar-refractivity contribution in [2.75, 3.05) is 22.4 Å².